The molecule has 0 radical (unpaired) electrons. The second kappa shape index (κ2) is 5.60. The first-order valence-electron chi connectivity index (χ1n) is 7.37. The quantitative estimate of drug-likeness (QED) is 0.901. The summed E-state index contributed by atoms with van der Waals surface area (Å²) in [7, 11) is 1.70. The van der Waals surface area contributed by atoms with Crippen LogP contribution in [0.15, 0.2) is 18.2 Å². The highest BCUT2D eigenvalue weighted by molar-refractivity contribution is 7.22. The summed E-state index contributed by atoms with van der Waals surface area (Å²) in [6, 6.07) is 6.62. The smallest absolute Gasteiger partial charge is 0.184 e. The molecule has 2 aromatic rings. The molecule has 0 bridgehead atoms. The van der Waals surface area contributed by atoms with Crippen molar-refractivity contribution in [3.8, 4) is 5.75 Å². The minimum Gasteiger partial charge on any atom is -0.497 e. The van der Waals surface area contributed by atoms with Gasteiger partial charge in [-0.25, -0.2) is 4.98 Å². The van der Waals surface area contributed by atoms with Gasteiger partial charge in [0.1, 0.15) is 5.75 Å². The fraction of sp³-hybridized carbons (Fsp3) is 0.562. The van der Waals surface area contributed by atoms with E-state index >= 15 is 0 Å². The van der Waals surface area contributed by atoms with Gasteiger partial charge in [0, 0.05) is 6.04 Å². The van der Waals surface area contributed by atoms with Crippen molar-refractivity contribution in [1.82, 2.24) is 4.98 Å². The van der Waals surface area contributed by atoms with Crippen LogP contribution in [-0.2, 0) is 0 Å². The largest absolute Gasteiger partial charge is 0.497 e. The van der Waals surface area contributed by atoms with Gasteiger partial charge in [-0.1, -0.05) is 25.2 Å². The highest BCUT2D eigenvalue weighted by Crippen LogP contribution is 2.34. The first kappa shape index (κ1) is 13.7. The molecular formula is C16H22N2OS. The number of fused-ring (bicyclic) bond motifs is 1. The molecular weight excluding hydrogens is 268 g/mol. The second-order valence-corrected chi connectivity index (χ2v) is 7.03. The molecule has 1 heterocycles. The van der Waals surface area contributed by atoms with Crippen molar-refractivity contribution >= 4 is 26.7 Å². The summed E-state index contributed by atoms with van der Waals surface area (Å²) in [5, 5.41) is 4.69. The van der Waals surface area contributed by atoms with Crippen LogP contribution in [-0.4, -0.2) is 18.1 Å². The third-order valence-electron chi connectivity index (χ3n) is 4.34. The van der Waals surface area contributed by atoms with E-state index in [9.17, 15) is 0 Å². The molecule has 0 spiro atoms. The van der Waals surface area contributed by atoms with Gasteiger partial charge in [-0.2, -0.15) is 0 Å². The monoisotopic (exact) mass is 290 g/mol. The van der Waals surface area contributed by atoms with Gasteiger partial charge in [-0.05, 0) is 49.3 Å². The molecule has 3 nitrogen and oxygen atoms in total. The Hall–Kier alpha value is -1.29. The maximum absolute atomic E-state index is 5.27. The van der Waals surface area contributed by atoms with Crippen molar-refractivity contribution in [3.05, 3.63) is 18.2 Å². The van der Waals surface area contributed by atoms with Crippen molar-refractivity contribution in [1.29, 1.82) is 0 Å². The van der Waals surface area contributed by atoms with Gasteiger partial charge in [0.2, 0.25) is 0 Å². The molecule has 1 aliphatic rings. The number of nitrogens with one attached hydrogen (secondary N) is 1. The number of anilines is 1. The summed E-state index contributed by atoms with van der Waals surface area (Å²) >= 11 is 1.72. The summed E-state index contributed by atoms with van der Waals surface area (Å²) in [6.07, 6.45) is 3.89. The fourth-order valence-corrected chi connectivity index (χ4v) is 4.09. The Morgan fingerprint density at radius 2 is 2.15 bits per heavy atom. The van der Waals surface area contributed by atoms with Crippen LogP contribution in [0, 0.1) is 11.8 Å². The molecule has 1 saturated carbocycles. The van der Waals surface area contributed by atoms with Crippen LogP contribution in [0.5, 0.6) is 5.75 Å². The maximum Gasteiger partial charge on any atom is 0.184 e. The minimum atomic E-state index is 0.564. The minimum absolute atomic E-state index is 0.564. The zero-order valence-electron chi connectivity index (χ0n) is 12.3. The molecule has 0 aliphatic heterocycles. The lowest BCUT2D eigenvalue weighted by molar-refractivity contribution is 0.276. The molecule has 108 valence electrons. The normalized spacial score (nSPS) is 26.6. The molecule has 1 aromatic heterocycles. The van der Waals surface area contributed by atoms with Crippen LogP contribution in [0.2, 0.25) is 0 Å². The first-order chi connectivity index (χ1) is 9.65. The van der Waals surface area contributed by atoms with E-state index in [2.05, 4.69) is 30.2 Å². The summed E-state index contributed by atoms with van der Waals surface area (Å²) < 4.78 is 6.45. The molecule has 1 aromatic carbocycles. The SMILES string of the molecule is COc1ccc2nc(NC3CCC(C)CC3C)sc2c1. The van der Waals surface area contributed by atoms with Crippen LogP contribution in [0.1, 0.15) is 33.1 Å². The Morgan fingerprint density at radius 3 is 2.90 bits per heavy atom. The molecule has 20 heavy (non-hydrogen) atoms. The van der Waals surface area contributed by atoms with Crippen molar-refractivity contribution in [2.24, 2.45) is 11.8 Å². The average molecular weight is 290 g/mol. The van der Waals surface area contributed by atoms with E-state index in [1.807, 2.05) is 12.1 Å². The van der Waals surface area contributed by atoms with E-state index in [1.165, 1.54) is 24.0 Å². The molecule has 4 heteroatoms. The van der Waals surface area contributed by atoms with E-state index in [4.69, 9.17) is 4.74 Å². The number of hydrogen-bond acceptors (Lipinski definition) is 4. The van der Waals surface area contributed by atoms with E-state index in [-0.39, 0.29) is 0 Å². The van der Waals surface area contributed by atoms with Crippen molar-refractivity contribution < 1.29 is 4.74 Å². The molecule has 3 rings (SSSR count). The van der Waals surface area contributed by atoms with E-state index in [1.54, 1.807) is 18.4 Å². The highest BCUT2D eigenvalue weighted by atomic mass is 32.1. The number of methoxy groups -OCH3 is 1. The van der Waals surface area contributed by atoms with Crippen LogP contribution in [0.25, 0.3) is 10.2 Å². The van der Waals surface area contributed by atoms with Gasteiger partial charge in [0.15, 0.2) is 5.13 Å². The van der Waals surface area contributed by atoms with Crippen LogP contribution in [0.4, 0.5) is 5.13 Å². The van der Waals surface area contributed by atoms with Crippen LogP contribution >= 0.6 is 11.3 Å². The second-order valence-electron chi connectivity index (χ2n) is 6.00. The summed E-state index contributed by atoms with van der Waals surface area (Å²) in [4.78, 5) is 4.69. The van der Waals surface area contributed by atoms with E-state index in [0.29, 0.717) is 6.04 Å². The van der Waals surface area contributed by atoms with Gasteiger partial charge < -0.3 is 10.1 Å². The third-order valence-corrected chi connectivity index (χ3v) is 5.29. The molecule has 1 aliphatic carbocycles. The number of aromatic nitrogens is 1. The van der Waals surface area contributed by atoms with E-state index < -0.39 is 0 Å². The molecule has 0 saturated heterocycles. The van der Waals surface area contributed by atoms with Gasteiger partial charge in [0.05, 0.1) is 17.3 Å². The predicted octanol–water partition coefficient (Wildman–Crippen LogP) is 4.54. The number of ether oxygens (including phenoxy) is 1. The summed E-state index contributed by atoms with van der Waals surface area (Å²) in [5.41, 5.74) is 1.05. The van der Waals surface area contributed by atoms with E-state index in [0.717, 1.165) is 28.2 Å². The summed E-state index contributed by atoms with van der Waals surface area (Å²) in [6.45, 7) is 4.71. The van der Waals surface area contributed by atoms with Crippen molar-refractivity contribution in [2.75, 3.05) is 12.4 Å². The topological polar surface area (TPSA) is 34.1 Å². The zero-order valence-corrected chi connectivity index (χ0v) is 13.2. The van der Waals surface area contributed by atoms with Gasteiger partial charge in [-0.15, -0.1) is 0 Å². The number of hydrogen-bond donors (Lipinski definition) is 1. The van der Waals surface area contributed by atoms with Crippen LogP contribution in [0.3, 0.4) is 0 Å². The van der Waals surface area contributed by atoms with Gasteiger partial charge >= 0.3 is 0 Å². The Balaban J connectivity index is 1.77. The Kier molecular flexibility index (Phi) is 3.83. The number of benzene rings is 1. The fourth-order valence-electron chi connectivity index (χ4n) is 3.13. The highest BCUT2D eigenvalue weighted by Gasteiger charge is 2.25. The maximum atomic E-state index is 5.27. The Morgan fingerprint density at radius 1 is 1.30 bits per heavy atom. The molecule has 1 N–H and O–H groups in total. The molecule has 0 amide bonds. The average Bonchev–Trinajstić information content (AvgIpc) is 2.83. The van der Waals surface area contributed by atoms with Crippen molar-refractivity contribution in [2.45, 2.75) is 39.2 Å². The lowest BCUT2D eigenvalue weighted by Crippen LogP contribution is -2.32. The van der Waals surface area contributed by atoms with Gasteiger partial charge in [-0.3, -0.25) is 0 Å². The lowest BCUT2D eigenvalue weighted by atomic mass is 9.80. The predicted molar refractivity (Wildman–Crippen MR) is 85.8 cm³/mol. The number of rotatable bonds is 3. The third kappa shape index (κ3) is 2.75. The summed E-state index contributed by atoms with van der Waals surface area (Å²) in [5.74, 6) is 2.48. The Labute approximate surface area is 124 Å². The van der Waals surface area contributed by atoms with Crippen LogP contribution < -0.4 is 10.1 Å². The lowest BCUT2D eigenvalue weighted by Gasteiger charge is -2.32. The molecule has 3 unspecified atom stereocenters. The zero-order chi connectivity index (χ0) is 14.1. The number of thiazole rings is 1. The number of nitrogens with zero attached hydrogens (tertiary/aromatic N) is 1. The standard InChI is InChI=1S/C16H22N2OS/c1-10-4-6-13(11(2)8-10)17-16-18-14-7-5-12(19-3)9-15(14)20-16/h5,7,9-11,13H,4,6,8H2,1-3H3,(H,17,18). The van der Waals surface area contributed by atoms with Gasteiger partial charge in [0.25, 0.3) is 0 Å². The molecule has 1 fully saturated rings. The molecule has 3 atom stereocenters. The van der Waals surface area contributed by atoms with Crippen molar-refractivity contribution in [3.63, 3.8) is 0 Å². The first-order valence-corrected chi connectivity index (χ1v) is 8.18. The Bertz CT molecular complexity index is 595.